The Bertz CT molecular complexity index is 997. The zero-order valence-corrected chi connectivity index (χ0v) is 16.8. The van der Waals surface area contributed by atoms with Crippen molar-refractivity contribution in [2.75, 3.05) is 18.4 Å². The van der Waals surface area contributed by atoms with Gasteiger partial charge in [-0.15, -0.1) is 0 Å². The van der Waals surface area contributed by atoms with Gasteiger partial charge in [0.25, 0.3) is 22.3 Å². The lowest BCUT2D eigenvalue weighted by molar-refractivity contribution is 0.0770. The van der Waals surface area contributed by atoms with Crippen molar-refractivity contribution in [3.05, 3.63) is 23.9 Å². The van der Waals surface area contributed by atoms with E-state index >= 15 is 0 Å². The third-order valence-electron chi connectivity index (χ3n) is 4.89. The Morgan fingerprint density at radius 1 is 1.34 bits per heavy atom. The third kappa shape index (κ3) is 4.26. The number of halogens is 3. The van der Waals surface area contributed by atoms with Gasteiger partial charge in [0.2, 0.25) is 5.88 Å². The summed E-state index contributed by atoms with van der Waals surface area (Å²) in [6.07, 6.45) is -0.774. The molecular weight excluding hydrogens is 413 g/mol. The Balaban J connectivity index is 1.91. The summed E-state index contributed by atoms with van der Waals surface area (Å²) in [7, 11) is -2.96. The van der Waals surface area contributed by atoms with Crippen molar-refractivity contribution < 1.29 is 31.1 Å². The molecule has 0 saturated carbocycles. The summed E-state index contributed by atoms with van der Waals surface area (Å²) >= 11 is 0. The average molecular weight is 434 g/mol. The first-order valence-electron chi connectivity index (χ1n) is 8.87. The number of imidazole rings is 1. The highest BCUT2D eigenvalue weighted by Gasteiger charge is 2.31. The Kier molecular flexibility index (Phi) is 5.92. The van der Waals surface area contributed by atoms with Crippen LogP contribution in [0.25, 0.3) is 0 Å². The normalized spacial score (nSPS) is 19.1. The number of pyridine rings is 1. The molecule has 160 valence electrons. The highest BCUT2D eigenvalue weighted by molar-refractivity contribution is 7.92. The second-order valence-electron chi connectivity index (χ2n) is 6.80. The molecule has 0 amide bonds. The number of alkyl halides is 2. The molecule has 2 atom stereocenters. The van der Waals surface area contributed by atoms with E-state index in [1.165, 1.54) is 13.3 Å². The quantitative estimate of drug-likeness (QED) is 0.720. The molecular formula is C17H21F3N4O4S. The van der Waals surface area contributed by atoms with Crippen LogP contribution in [0.5, 0.6) is 11.8 Å². The number of rotatable bonds is 7. The predicted molar refractivity (Wildman–Crippen MR) is 97.5 cm³/mol. The Morgan fingerprint density at radius 2 is 2.07 bits per heavy atom. The molecule has 0 aromatic carbocycles. The van der Waals surface area contributed by atoms with E-state index in [2.05, 4.69) is 26.4 Å². The van der Waals surface area contributed by atoms with Crippen molar-refractivity contribution >= 4 is 15.7 Å². The van der Waals surface area contributed by atoms with Crippen LogP contribution in [0.4, 0.5) is 18.9 Å². The number of fused-ring (bicyclic) bond motifs is 1. The molecule has 0 fully saturated rings. The second kappa shape index (κ2) is 8.09. The van der Waals surface area contributed by atoms with E-state index in [9.17, 15) is 21.6 Å². The van der Waals surface area contributed by atoms with Crippen LogP contribution in [0.15, 0.2) is 17.3 Å². The number of nitrogens with one attached hydrogen (secondary N) is 1. The largest absolute Gasteiger partial charge is 0.479 e. The highest BCUT2D eigenvalue weighted by atomic mass is 32.2. The topological polar surface area (TPSA) is 95.3 Å². The number of methoxy groups -OCH3 is 1. The first-order chi connectivity index (χ1) is 13.6. The van der Waals surface area contributed by atoms with E-state index in [0.717, 1.165) is 12.5 Å². The standard InChI is InChI=1S/C17H21F3N4O4S/c1-9-4-5-24-14(7-21-15(24)10(9)2)29(25,26)23-12-6-11(18)16(22-17(12)27-3)28-8-13(19)20/h6-7,9-10,13,23H,4-5,8H2,1-3H3. The van der Waals surface area contributed by atoms with Gasteiger partial charge in [-0.25, -0.2) is 18.2 Å². The van der Waals surface area contributed by atoms with Crippen molar-refractivity contribution in [1.82, 2.24) is 14.5 Å². The maximum absolute atomic E-state index is 14.2. The van der Waals surface area contributed by atoms with Crippen molar-refractivity contribution in [2.24, 2.45) is 5.92 Å². The summed E-state index contributed by atoms with van der Waals surface area (Å²) < 4.78 is 77.9. The van der Waals surface area contributed by atoms with Crippen molar-refractivity contribution in [2.45, 2.75) is 44.2 Å². The van der Waals surface area contributed by atoms with Crippen LogP contribution >= 0.6 is 0 Å². The highest BCUT2D eigenvalue weighted by Crippen LogP contribution is 2.34. The molecule has 12 heteroatoms. The van der Waals surface area contributed by atoms with Crippen LogP contribution in [0.2, 0.25) is 0 Å². The lowest BCUT2D eigenvalue weighted by Gasteiger charge is -2.27. The Labute approximate surface area is 166 Å². The number of sulfonamides is 1. The van der Waals surface area contributed by atoms with Gasteiger partial charge in [0.1, 0.15) is 11.5 Å². The first kappa shape index (κ1) is 21.2. The molecule has 0 aliphatic carbocycles. The smallest absolute Gasteiger partial charge is 0.279 e. The minimum atomic E-state index is -4.14. The second-order valence-corrected chi connectivity index (χ2v) is 8.43. The van der Waals surface area contributed by atoms with Crippen LogP contribution in [0, 0.1) is 11.7 Å². The van der Waals surface area contributed by atoms with Crippen LogP contribution in [0.1, 0.15) is 32.0 Å². The minimum Gasteiger partial charge on any atom is -0.479 e. The van der Waals surface area contributed by atoms with Gasteiger partial charge >= 0.3 is 0 Å². The molecule has 1 aliphatic heterocycles. The van der Waals surface area contributed by atoms with Gasteiger partial charge in [0, 0.05) is 18.5 Å². The molecule has 3 heterocycles. The van der Waals surface area contributed by atoms with Gasteiger partial charge in [-0.05, 0) is 12.3 Å². The number of hydrogen-bond donors (Lipinski definition) is 1. The summed E-state index contributed by atoms with van der Waals surface area (Å²) in [6.45, 7) is 3.48. The van der Waals surface area contributed by atoms with Gasteiger partial charge in [-0.2, -0.15) is 13.4 Å². The van der Waals surface area contributed by atoms with Gasteiger partial charge in [-0.3, -0.25) is 4.72 Å². The molecule has 1 aliphatic rings. The SMILES string of the molecule is COc1nc(OCC(F)F)c(F)cc1NS(=O)(=O)c1cnc2n1CCC(C)C2C. The summed E-state index contributed by atoms with van der Waals surface area (Å²) in [5, 5.41) is -0.0632. The summed E-state index contributed by atoms with van der Waals surface area (Å²) in [5.41, 5.74) is -0.290. The number of ether oxygens (including phenoxy) is 2. The van der Waals surface area contributed by atoms with E-state index in [1.54, 1.807) is 4.57 Å². The van der Waals surface area contributed by atoms with Gasteiger partial charge in [-0.1, -0.05) is 13.8 Å². The van der Waals surface area contributed by atoms with E-state index in [4.69, 9.17) is 4.74 Å². The van der Waals surface area contributed by atoms with Crippen LogP contribution in [-0.4, -0.2) is 43.1 Å². The number of aromatic nitrogens is 3. The molecule has 2 unspecified atom stereocenters. The molecule has 1 N–H and O–H groups in total. The average Bonchev–Trinajstić information content (AvgIpc) is 3.09. The minimum absolute atomic E-state index is 0.0632. The molecule has 2 aromatic heterocycles. The molecule has 2 aromatic rings. The maximum atomic E-state index is 14.2. The molecule has 29 heavy (non-hydrogen) atoms. The van der Waals surface area contributed by atoms with Crippen molar-refractivity contribution in [3.63, 3.8) is 0 Å². The Hall–Kier alpha value is -2.50. The first-order valence-corrected chi connectivity index (χ1v) is 10.4. The van der Waals surface area contributed by atoms with Crippen LogP contribution in [-0.2, 0) is 16.6 Å². The zero-order valence-electron chi connectivity index (χ0n) is 16.0. The van der Waals surface area contributed by atoms with Crippen molar-refractivity contribution in [1.29, 1.82) is 0 Å². The van der Waals surface area contributed by atoms with E-state index in [-0.39, 0.29) is 22.5 Å². The number of nitrogens with zero attached hydrogens (tertiary/aromatic N) is 3. The molecule has 0 radical (unpaired) electrons. The monoisotopic (exact) mass is 434 g/mol. The predicted octanol–water partition coefficient (Wildman–Crippen LogP) is 3.01. The number of anilines is 1. The molecule has 0 spiro atoms. The fraction of sp³-hybridized carbons (Fsp3) is 0.529. The fourth-order valence-corrected chi connectivity index (χ4v) is 4.35. The molecule has 0 bridgehead atoms. The molecule has 3 rings (SSSR count). The van der Waals surface area contributed by atoms with Crippen LogP contribution < -0.4 is 14.2 Å². The summed E-state index contributed by atoms with van der Waals surface area (Å²) in [4.78, 5) is 7.88. The molecule has 0 saturated heterocycles. The Morgan fingerprint density at radius 3 is 2.72 bits per heavy atom. The zero-order chi connectivity index (χ0) is 21.3. The van der Waals surface area contributed by atoms with Crippen molar-refractivity contribution in [3.8, 4) is 11.8 Å². The lowest BCUT2D eigenvalue weighted by atomic mass is 9.89. The third-order valence-corrected chi connectivity index (χ3v) is 6.25. The van der Waals surface area contributed by atoms with E-state index in [0.29, 0.717) is 18.3 Å². The van der Waals surface area contributed by atoms with Gasteiger partial charge in [0.05, 0.1) is 13.3 Å². The maximum Gasteiger partial charge on any atom is 0.279 e. The lowest BCUT2D eigenvalue weighted by Crippen LogP contribution is -2.25. The molecule has 8 nitrogen and oxygen atoms in total. The number of hydrogen-bond acceptors (Lipinski definition) is 6. The van der Waals surface area contributed by atoms with Gasteiger partial charge in [0.15, 0.2) is 17.5 Å². The van der Waals surface area contributed by atoms with E-state index < -0.39 is 34.8 Å². The van der Waals surface area contributed by atoms with E-state index in [1.807, 2.05) is 6.92 Å². The summed E-state index contributed by atoms with van der Waals surface area (Å²) in [6, 6.07) is 0.766. The fourth-order valence-electron chi connectivity index (χ4n) is 3.14. The van der Waals surface area contributed by atoms with Crippen LogP contribution in [0.3, 0.4) is 0 Å². The van der Waals surface area contributed by atoms with Gasteiger partial charge < -0.3 is 14.0 Å². The summed E-state index contributed by atoms with van der Waals surface area (Å²) in [5.74, 6) is -1.02.